The van der Waals surface area contributed by atoms with Crippen LogP contribution in [0.25, 0.3) is 0 Å². The second-order valence-electron chi connectivity index (χ2n) is 4.00. The van der Waals surface area contributed by atoms with E-state index in [0.717, 1.165) is 29.9 Å². The number of aromatic amines is 1. The minimum atomic E-state index is 0.519. The second kappa shape index (κ2) is 5.48. The molecule has 0 aliphatic rings. The molecule has 0 radical (unpaired) electrons. The maximum Gasteiger partial charge on any atom is 0.240 e. The molecule has 6 nitrogen and oxygen atoms in total. The number of nitrogens with zero attached hydrogens (tertiary/aromatic N) is 3. The van der Waals surface area contributed by atoms with E-state index in [1.54, 1.807) is 0 Å². The quantitative estimate of drug-likeness (QED) is 0.847. The van der Waals surface area contributed by atoms with E-state index in [4.69, 9.17) is 4.74 Å². The van der Waals surface area contributed by atoms with Gasteiger partial charge in [0, 0.05) is 18.8 Å². The van der Waals surface area contributed by atoms with Crippen molar-refractivity contribution < 1.29 is 4.74 Å². The van der Waals surface area contributed by atoms with Crippen LogP contribution < -0.4 is 10.1 Å². The Hall–Kier alpha value is -2.11. The molecule has 6 heteroatoms. The number of ether oxygens (including phenoxy) is 1. The number of H-pyrrole nitrogens is 1. The predicted molar refractivity (Wildman–Crippen MR) is 69.0 cm³/mol. The van der Waals surface area contributed by atoms with E-state index in [9.17, 15) is 0 Å². The monoisotopic (exact) mass is 247 g/mol. The van der Waals surface area contributed by atoms with Gasteiger partial charge in [0.1, 0.15) is 12.1 Å². The zero-order valence-corrected chi connectivity index (χ0v) is 10.8. The Labute approximate surface area is 106 Å². The highest BCUT2D eigenvalue weighted by Gasteiger charge is 2.12. The van der Waals surface area contributed by atoms with E-state index >= 15 is 0 Å². The van der Waals surface area contributed by atoms with E-state index in [2.05, 4.69) is 32.4 Å². The molecule has 0 aromatic carbocycles. The summed E-state index contributed by atoms with van der Waals surface area (Å²) >= 11 is 0. The van der Waals surface area contributed by atoms with Gasteiger partial charge in [-0.1, -0.05) is 13.3 Å². The summed E-state index contributed by atoms with van der Waals surface area (Å²) in [4.78, 5) is 8.38. The number of anilines is 1. The molecule has 0 saturated heterocycles. The van der Waals surface area contributed by atoms with Crippen molar-refractivity contribution in [3.05, 3.63) is 23.7 Å². The van der Waals surface area contributed by atoms with E-state index < -0.39 is 0 Å². The normalized spacial score (nSPS) is 10.4. The van der Waals surface area contributed by atoms with Gasteiger partial charge in [0.2, 0.25) is 11.8 Å². The average Bonchev–Trinajstić information content (AvgIpc) is 2.77. The van der Waals surface area contributed by atoms with E-state index in [0.29, 0.717) is 11.8 Å². The first kappa shape index (κ1) is 12.3. The first-order chi connectivity index (χ1) is 8.74. The minimum absolute atomic E-state index is 0.519. The summed E-state index contributed by atoms with van der Waals surface area (Å²) < 4.78 is 5.69. The van der Waals surface area contributed by atoms with Crippen molar-refractivity contribution in [1.29, 1.82) is 0 Å². The van der Waals surface area contributed by atoms with Crippen LogP contribution in [0.2, 0.25) is 0 Å². The summed E-state index contributed by atoms with van der Waals surface area (Å²) in [6.45, 7) is 4.03. The SMILES string of the molecule is CCCc1c(NC)ncnc1Oc1cc(C)[nH]n1. The van der Waals surface area contributed by atoms with Crippen LogP contribution in [0.3, 0.4) is 0 Å². The Morgan fingerprint density at radius 1 is 1.39 bits per heavy atom. The summed E-state index contributed by atoms with van der Waals surface area (Å²) in [5.41, 5.74) is 1.92. The maximum absolute atomic E-state index is 5.69. The molecule has 0 atom stereocenters. The molecule has 2 aromatic rings. The van der Waals surface area contributed by atoms with Gasteiger partial charge in [0.05, 0.1) is 5.56 Å². The standard InChI is InChI=1S/C12H17N5O/c1-4-5-9-11(13-3)14-7-15-12(9)18-10-6-8(2)16-17-10/h6-7H,4-5H2,1-3H3,(H,16,17)(H,13,14,15). The molecule has 0 amide bonds. The Morgan fingerprint density at radius 2 is 2.22 bits per heavy atom. The van der Waals surface area contributed by atoms with Gasteiger partial charge < -0.3 is 10.1 Å². The van der Waals surface area contributed by atoms with Crippen molar-refractivity contribution in [2.24, 2.45) is 0 Å². The molecule has 0 unspecified atom stereocenters. The van der Waals surface area contributed by atoms with Gasteiger partial charge in [0.15, 0.2) is 0 Å². The predicted octanol–water partition coefficient (Wildman–Crippen LogP) is 2.29. The van der Waals surface area contributed by atoms with Crippen LogP contribution in [0.15, 0.2) is 12.4 Å². The lowest BCUT2D eigenvalue weighted by Crippen LogP contribution is -2.03. The van der Waals surface area contributed by atoms with E-state index in [-0.39, 0.29) is 0 Å². The summed E-state index contributed by atoms with van der Waals surface area (Å²) in [6, 6.07) is 1.83. The highest BCUT2D eigenvalue weighted by Crippen LogP contribution is 2.27. The lowest BCUT2D eigenvalue weighted by Gasteiger charge is -2.10. The summed E-state index contributed by atoms with van der Waals surface area (Å²) in [7, 11) is 1.84. The first-order valence-corrected chi connectivity index (χ1v) is 5.96. The van der Waals surface area contributed by atoms with Gasteiger partial charge in [-0.05, 0) is 13.3 Å². The summed E-state index contributed by atoms with van der Waals surface area (Å²) in [6.07, 6.45) is 3.34. The molecule has 2 N–H and O–H groups in total. The fourth-order valence-corrected chi connectivity index (χ4v) is 1.72. The van der Waals surface area contributed by atoms with Crippen LogP contribution in [0.5, 0.6) is 11.8 Å². The molecule has 0 aliphatic carbocycles. The number of hydrogen-bond acceptors (Lipinski definition) is 5. The van der Waals surface area contributed by atoms with Crippen LogP contribution >= 0.6 is 0 Å². The fourth-order valence-electron chi connectivity index (χ4n) is 1.72. The van der Waals surface area contributed by atoms with Crippen molar-refractivity contribution >= 4 is 5.82 Å². The van der Waals surface area contributed by atoms with Crippen molar-refractivity contribution in [3.63, 3.8) is 0 Å². The third-order valence-electron chi connectivity index (χ3n) is 2.53. The third kappa shape index (κ3) is 2.58. The lowest BCUT2D eigenvalue weighted by atomic mass is 10.2. The van der Waals surface area contributed by atoms with Crippen molar-refractivity contribution in [2.45, 2.75) is 26.7 Å². The molecule has 0 spiro atoms. The Kier molecular flexibility index (Phi) is 3.76. The van der Waals surface area contributed by atoms with Gasteiger partial charge in [-0.2, -0.15) is 0 Å². The second-order valence-corrected chi connectivity index (χ2v) is 4.00. The van der Waals surface area contributed by atoms with Gasteiger partial charge >= 0.3 is 0 Å². The van der Waals surface area contributed by atoms with E-state index in [1.807, 2.05) is 20.0 Å². The summed E-state index contributed by atoms with van der Waals surface area (Å²) in [5, 5.41) is 9.93. The van der Waals surface area contributed by atoms with Gasteiger partial charge in [-0.25, -0.2) is 9.97 Å². The largest absolute Gasteiger partial charge is 0.419 e. The Bertz CT molecular complexity index is 523. The number of nitrogens with one attached hydrogen (secondary N) is 2. The van der Waals surface area contributed by atoms with Crippen molar-refractivity contribution in [2.75, 3.05) is 12.4 Å². The molecule has 18 heavy (non-hydrogen) atoms. The van der Waals surface area contributed by atoms with Gasteiger partial charge in [-0.3, -0.25) is 5.10 Å². The Balaban J connectivity index is 2.31. The van der Waals surface area contributed by atoms with Crippen LogP contribution in [0.1, 0.15) is 24.6 Å². The number of rotatable bonds is 5. The molecule has 2 heterocycles. The van der Waals surface area contributed by atoms with Crippen molar-refractivity contribution in [3.8, 4) is 11.8 Å². The molecule has 96 valence electrons. The average molecular weight is 247 g/mol. The first-order valence-electron chi connectivity index (χ1n) is 5.96. The zero-order valence-electron chi connectivity index (χ0n) is 10.8. The molecular formula is C12H17N5O. The molecule has 0 aliphatic heterocycles. The molecule has 0 saturated carbocycles. The smallest absolute Gasteiger partial charge is 0.240 e. The van der Waals surface area contributed by atoms with Crippen LogP contribution in [-0.2, 0) is 6.42 Å². The topological polar surface area (TPSA) is 75.7 Å². The summed E-state index contributed by atoms with van der Waals surface area (Å²) in [5.74, 6) is 1.88. The highest BCUT2D eigenvalue weighted by molar-refractivity contribution is 5.49. The van der Waals surface area contributed by atoms with Gasteiger partial charge in [-0.15, -0.1) is 5.10 Å². The van der Waals surface area contributed by atoms with E-state index in [1.165, 1.54) is 6.33 Å². The molecule has 0 bridgehead atoms. The molecular weight excluding hydrogens is 230 g/mol. The zero-order chi connectivity index (χ0) is 13.0. The van der Waals surface area contributed by atoms with Gasteiger partial charge in [0.25, 0.3) is 0 Å². The minimum Gasteiger partial charge on any atom is -0.419 e. The third-order valence-corrected chi connectivity index (χ3v) is 2.53. The number of hydrogen-bond donors (Lipinski definition) is 2. The molecule has 2 aromatic heterocycles. The lowest BCUT2D eigenvalue weighted by molar-refractivity contribution is 0.436. The maximum atomic E-state index is 5.69. The van der Waals surface area contributed by atoms with Crippen LogP contribution in [-0.4, -0.2) is 27.2 Å². The fraction of sp³-hybridized carbons (Fsp3) is 0.417. The van der Waals surface area contributed by atoms with Crippen LogP contribution in [0, 0.1) is 6.92 Å². The number of aromatic nitrogens is 4. The Morgan fingerprint density at radius 3 is 2.83 bits per heavy atom. The molecule has 0 fully saturated rings. The number of aryl methyl sites for hydroxylation is 1. The molecule has 2 rings (SSSR count). The van der Waals surface area contributed by atoms with Crippen LogP contribution in [0.4, 0.5) is 5.82 Å². The highest BCUT2D eigenvalue weighted by atomic mass is 16.5. The van der Waals surface area contributed by atoms with Crippen molar-refractivity contribution in [1.82, 2.24) is 20.2 Å².